The number of carbonyl (C=O) groups excluding carboxylic acids is 1. The van der Waals surface area contributed by atoms with E-state index in [1.807, 2.05) is 42.8 Å². The van der Waals surface area contributed by atoms with Crippen molar-refractivity contribution in [2.45, 2.75) is 50.2 Å². The van der Waals surface area contributed by atoms with Crippen LogP contribution in [0.2, 0.25) is 0 Å². The van der Waals surface area contributed by atoms with E-state index >= 15 is 0 Å². The van der Waals surface area contributed by atoms with Crippen LogP contribution in [-0.4, -0.2) is 39.6 Å². The monoisotopic (exact) mass is 424 g/mol. The topological polar surface area (TPSA) is 60.2 Å². The Bertz CT molecular complexity index is 1110. The van der Waals surface area contributed by atoms with Crippen LogP contribution in [0.4, 0.5) is 5.69 Å². The molecule has 0 unspecified atom stereocenters. The molecule has 6 nitrogen and oxygen atoms in total. The van der Waals surface area contributed by atoms with Crippen molar-refractivity contribution in [3.8, 4) is 5.88 Å². The van der Waals surface area contributed by atoms with Crippen LogP contribution in [0.15, 0.2) is 29.2 Å². The quantitative estimate of drug-likeness (QED) is 0.619. The van der Waals surface area contributed by atoms with Crippen LogP contribution < -0.4 is 9.64 Å². The molecule has 0 saturated carbocycles. The molecule has 2 aromatic heterocycles. The molecule has 3 aromatic rings. The fourth-order valence-corrected chi connectivity index (χ4v) is 5.33. The summed E-state index contributed by atoms with van der Waals surface area (Å²) in [7, 11) is 3.50. The van der Waals surface area contributed by atoms with Gasteiger partial charge in [0.25, 0.3) is 0 Å². The van der Waals surface area contributed by atoms with Gasteiger partial charge in [0.2, 0.25) is 11.8 Å². The van der Waals surface area contributed by atoms with Gasteiger partial charge in [-0.05, 0) is 49.9 Å². The number of anilines is 1. The van der Waals surface area contributed by atoms with Crippen molar-refractivity contribution in [3.63, 3.8) is 0 Å². The van der Waals surface area contributed by atoms with E-state index in [1.165, 1.54) is 4.90 Å². The van der Waals surface area contributed by atoms with Crippen LogP contribution in [0.5, 0.6) is 5.88 Å². The Labute approximate surface area is 181 Å². The third-order valence-corrected chi connectivity index (χ3v) is 7.09. The predicted octanol–water partition coefficient (Wildman–Crippen LogP) is 4.44. The highest BCUT2D eigenvalue weighted by Crippen LogP contribution is 2.38. The molecule has 4 rings (SSSR count). The molecule has 30 heavy (non-hydrogen) atoms. The Morgan fingerprint density at radius 1 is 1.30 bits per heavy atom. The molecule has 0 spiro atoms. The summed E-state index contributed by atoms with van der Waals surface area (Å²) in [6.45, 7) is 7.06. The Kier molecular flexibility index (Phi) is 5.73. The van der Waals surface area contributed by atoms with Crippen molar-refractivity contribution >= 4 is 34.4 Å². The van der Waals surface area contributed by atoms with Crippen LogP contribution in [0, 0.1) is 13.8 Å². The van der Waals surface area contributed by atoms with Gasteiger partial charge in [-0.1, -0.05) is 19.1 Å². The number of carbonyl (C=O) groups is 1. The second-order valence-corrected chi connectivity index (χ2v) is 9.34. The molecule has 1 amide bonds. The van der Waals surface area contributed by atoms with Crippen LogP contribution in [0.25, 0.3) is 11.0 Å². The molecule has 158 valence electrons. The first-order valence-electron chi connectivity index (χ1n) is 10.3. The van der Waals surface area contributed by atoms with Crippen molar-refractivity contribution in [2.75, 3.05) is 18.6 Å². The molecular weight excluding hydrogens is 396 g/mol. The predicted molar refractivity (Wildman–Crippen MR) is 122 cm³/mol. The number of aromatic nitrogens is 3. The molecule has 0 N–H and O–H groups in total. The molecule has 1 aromatic carbocycles. The van der Waals surface area contributed by atoms with Gasteiger partial charge in [-0.3, -0.25) is 4.79 Å². The molecule has 7 heteroatoms. The number of pyridine rings is 1. The zero-order valence-corrected chi connectivity index (χ0v) is 19.0. The fraction of sp³-hybridized carbons (Fsp3) is 0.435. The van der Waals surface area contributed by atoms with Gasteiger partial charge >= 0.3 is 0 Å². The van der Waals surface area contributed by atoms with Gasteiger partial charge in [0.05, 0.1) is 18.2 Å². The second-order valence-electron chi connectivity index (χ2n) is 7.86. The van der Waals surface area contributed by atoms with Gasteiger partial charge in [-0.15, -0.1) is 16.9 Å². The minimum Gasteiger partial charge on any atom is -0.479 e. The third kappa shape index (κ3) is 3.67. The molecule has 1 aliphatic heterocycles. The average Bonchev–Trinajstić information content (AvgIpc) is 2.93. The van der Waals surface area contributed by atoms with E-state index in [0.29, 0.717) is 24.0 Å². The largest absolute Gasteiger partial charge is 0.479 e. The van der Waals surface area contributed by atoms with Gasteiger partial charge in [-0.25, -0.2) is 9.67 Å². The summed E-state index contributed by atoms with van der Waals surface area (Å²) in [5, 5.41) is 5.84. The third-order valence-electron chi connectivity index (χ3n) is 5.85. The lowest BCUT2D eigenvalue weighted by molar-refractivity contribution is -0.118. The summed E-state index contributed by atoms with van der Waals surface area (Å²) in [6.07, 6.45) is 2.09. The minimum atomic E-state index is 0.161. The molecule has 0 bridgehead atoms. The number of hydrogen-bond acceptors (Lipinski definition) is 5. The number of aryl methyl sites for hydroxylation is 3. The maximum Gasteiger partial charge on any atom is 0.242 e. The number of thioether (sulfide) groups is 1. The molecule has 0 fully saturated rings. The fourth-order valence-electron chi connectivity index (χ4n) is 4.22. The van der Waals surface area contributed by atoms with Crippen molar-refractivity contribution in [1.29, 1.82) is 0 Å². The summed E-state index contributed by atoms with van der Waals surface area (Å²) >= 11 is 1.85. The molecule has 1 aliphatic rings. The Morgan fingerprint density at radius 3 is 2.83 bits per heavy atom. The Balaban J connectivity index is 1.61. The van der Waals surface area contributed by atoms with Gasteiger partial charge in [-0.2, -0.15) is 0 Å². The highest BCUT2D eigenvalue weighted by Gasteiger charge is 2.25. The average molecular weight is 425 g/mol. The number of benzene rings is 1. The lowest BCUT2D eigenvalue weighted by Crippen LogP contribution is -2.32. The van der Waals surface area contributed by atoms with E-state index in [2.05, 4.69) is 31.1 Å². The normalized spacial score (nSPS) is 16.4. The number of amides is 1. The molecule has 1 atom stereocenters. The van der Waals surface area contributed by atoms with Gasteiger partial charge in [0.1, 0.15) is 0 Å². The first-order chi connectivity index (χ1) is 14.4. The highest BCUT2D eigenvalue weighted by atomic mass is 32.2. The number of ether oxygens (including phenoxy) is 1. The zero-order chi connectivity index (χ0) is 21.4. The number of nitrogens with zero attached hydrogens (tertiary/aromatic N) is 4. The summed E-state index contributed by atoms with van der Waals surface area (Å²) in [5.41, 5.74) is 4.99. The van der Waals surface area contributed by atoms with E-state index in [1.54, 1.807) is 11.8 Å². The van der Waals surface area contributed by atoms with Gasteiger partial charge < -0.3 is 9.64 Å². The zero-order valence-electron chi connectivity index (χ0n) is 18.2. The van der Waals surface area contributed by atoms with Crippen LogP contribution in [-0.2, 0) is 18.3 Å². The summed E-state index contributed by atoms with van der Waals surface area (Å²) in [5.74, 6) is 0.742. The summed E-state index contributed by atoms with van der Waals surface area (Å²) < 4.78 is 7.20. The molecule has 0 saturated heterocycles. The van der Waals surface area contributed by atoms with Crippen LogP contribution >= 0.6 is 11.8 Å². The van der Waals surface area contributed by atoms with E-state index < -0.39 is 0 Å². The summed E-state index contributed by atoms with van der Waals surface area (Å²) in [6, 6.07) is 8.23. The standard InChI is InChI=1S/C23H28N4O2S/c1-14-12-13-27(18-8-6-7-9-19(18)30-14)20(28)11-10-17-15(2)21-22(24-16(17)3)26(4)25-23(21)29-5/h6-9,14H,10-13H2,1-5H3/t14-/m0/s1. The lowest BCUT2D eigenvalue weighted by Gasteiger charge is -2.23. The van der Waals surface area contributed by atoms with Crippen molar-refractivity contribution in [2.24, 2.45) is 7.05 Å². The molecule has 3 heterocycles. The number of fused-ring (bicyclic) bond motifs is 2. The SMILES string of the molecule is COc1nn(C)c2nc(C)c(CCC(=O)N3CC[C@H](C)Sc4ccccc43)c(C)c12. The van der Waals surface area contributed by atoms with Crippen molar-refractivity contribution in [1.82, 2.24) is 14.8 Å². The Morgan fingerprint density at radius 2 is 2.07 bits per heavy atom. The number of para-hydroxylation sites is 1. The van der Waals surface area contributed by atoms with Crippen molar-refractivity contribution < 1.29 is 9.53 Å². The summed E-state index contributed by atoms with van der Waals surface area (Å²) in [4.78, 5) is 21.2. The van der Waals surface area contributed by atoms with E-state index in [-0.39, 0.29) is 5.91 Å². The highest BCUT2D eigenvalue weighted by molar-refractivity contribution is 8.00. The first kappa shape index (κ1) is 20.7. The molecule has 0 aliphatic carbocycles. The smallest absolute Gasteiger partial charge is 0.242 e. The van der Waals surface area contributed by atoms with E-state index in [9.17, 15) is 4.79 Å². The maximum absolute atomic E-state index is 13.3. The van der Waals surface area contributed by atoms with E-state index in [0.717, 1.165) is 46.5 Å². The molecular formula is C23H28N4O2S. The number of rotatable bonds is 4. The lowest BCUT2D eigenvalue weighted by atomic mass is 9.99. The number of hydrogen-bond donors (Lipinski definition) is 0. The second kappa shape index (κ2) is 8.30. The van der Waals surface area contributed by atoms with E-state index in [4.69, 9.17) is 9.72 Å². The first-order valence-corrected chi connectivity index (χ1v) is 11.2. The minimum absolute atomic E-state index is 0.161. The van der Waals surface area contributed by atoms with Gasteiger partial charge in [0.15, 0.2) is 5.65 Å². The van der Waals surface area contributed by atoms with Crippen LogP contribution in [0.1, 0.15) is 36.6 Å². The molecule has 0 radical (unpaired) electrons. The van der Waals surface area contributed by atoms with Crippen LogP contribution in [0.3, 0.4) is 0 Å². The maximum atomic E-state index is 13.3. The van der Waals surface area contributed by atoms with Crippen molar-refractivity contribution in [3.05, 3.63) is 41.1 Å². The number of methoxy groups -OCH3 is 1. The Hall–Kier alpha value is -2.54. The van der Waals surface area contributed by atoms with Gasteiger partial charge in [0, 0.05) is 35.9 Å².